The van der Waals surface area contributed by atoms with Crippen molar-refractivity contribution in [2.75, 3.05) is 6.79 Å². The van der Waals surface area contributed by atoms with Crippen molar-refractivity contribution in [1.29, 1.82) is 0 Å². The predicted molar refractivity (Wildman–Crippen MR) is 91.9 cm³/mol. The first kappa shape index (κ1) is 16.8. The number of sulfonamides is 1. The predicted octanol–water partition coefficient (Wildman–Crippen LogP) is 3.33. The Hall–Kier alpha value is -2.05. The maximum atomic E-state index is 12.7. The highest BCUT2D eigenvalue weighted by Crippen LogP contribution is 2.32. The smallest absolute Gasteiger partial charge is 0.241 e. The topological polar surface area (TPSA) is 64.6 Å². The number of fused-ring (bicyclic) bond motifs is 1. The molecule has 0 amide bonds. The Morgan fingerprint density at radius 2 is 1.83 bits per heavy atom. The van der Waals surface area contributed by atoms with Gasteiger partial charge < -0.3 is 9.47 Å². The number of hydrogen-bond acceptors (Lipinski definition) is 4. The van der Waals surface area contributed by atoms with Crippen LogP contribution < -0.4 is 14.2 Å². The zero-order chi connectivity index (χ0) is 17.3. The van der Waals surface area contributed by atoms with E-state index < -0.39 is 10.0 Å². The van der Waals surface area contributed by atoms with E-state index in [4.69, 9.17) is 9.47 Å². The van der Waals surface area contributed by atoms with E-state index in [2.05, 4.69) is 4.72 Å². The van der Waals surface area contributed by atoms with E-state index in [0.717, 1.165) is 16.7 Å². The Labute approximate surface area is 142 Å². The standard InChI is InChI=1S/C18H21NO4S/c1-12(2)15-6-4-13(3)18(9-15)24(20,21)19-10-14-5-7-16-17(8-14)23-11-22-16/h4-9,12,19H,10-11H2,1-3H3. The maximum Gasteiger partial charge on any atom is 0.241 e. The molecule has 1 aliphatic heterocycles. The lowest BCUT2D eigenvalue weighted by Crippen LogP contribution is -2.24. The lowest BCUT2D eigenvalue weighted by Gasteiger charge is -2.13. The molecule has 3 rings (SSSR count). The van der Waals surface area contributed by atoms with Gasteiger partial charge in [0.05, 0.1) is 4.90 Å². The van der Waals surface area contributed by atoms with Gasteiger partial charge in [-0.15, -0.1) is 0 Å². The normalized spacial score (nSPS) is 13.5. The number of benzene rings is 2. The van der Waals surface area contributed by atoms with Gasteiger partial charge in [0.15, 0.2) is 11.5 Å². The Kier molecular flexibility index (Phi) is 4.51. The Morgan fingerprint density at radius 1 is 1.08 bits per heavy atom. The number of hydrogen-bond donors (Lipinski definition) is 1. The summed E-state index contributed by atoms with van der Waals surface area (Å²) in [5, 5.41) is 0. The van der Waals surface area contributed by atoms with Gasteiger partial charge in [-0.25, -0.2) is 13.1 Å². The summed E-state index contributed by atoms with van der Waals surface area (Å²) >= 11 is 0. The zero-order valence-electron chi connectivity index (χ0n) is 14.0. The average Bonchev–Trinajstić information content (AvgIpc) is 3.00. The van der Waals surface area contributed by atoms with Gasteiger partial charge in [-0.3, -0.25) is 0 Å². The van der Waals surface area contributed by atoms with Crippen molar-refractivity contribution in [2.24, 2.45) is 0 Å². The van der Waals surface area contributed by atoms with E-state index >= 15 is 0 Å². The van der Waals surface area contributed by atoms with Gasteiger partial charge in [0, 0.05) is 6.54 Å². The van der Waals surface area contributed by atoms with Gasteiger partial charge in [-0.05, 0) is 47.7 Å². The molecule has 1 N–H and O–H groups in total. The Balaban J connectivity index is 1.80. The van der Waals surface area contributed by atoms with Crippen LogP contribution in [0.15, 0.2) is 41.3 Å². The highest BCUT2D eigenvalue weighted by Gasteiger charge is 2.19. The number of aryl methyl sites for hydroxylation is 1. The lowest BCUT2D eigenvalue weighted by molar-refractivity contribution is 0.174. The van der Waals surface area contributed by atoms with E-state index in [1.165, 1.54) is 0 Å². The minimum atomic E-state index is -3.58. The van der Waals surface area contributed by atoms with Crippen molar-refractivity contribution >= 4 is 10.0 Å². The quantitative estimate of drug-likeness (QED) is 0.901. The van der Waals surface area contributed by atoms with Crippen molar-refractivity contribution in [3.63, 3.8) is 0 Å². The third-order valence-corrected chi connectivity index (χ3v) is 5.61. The molecule has 0 unspecified atom stereocenters. The fourth-order valence-electron chi connectivity index (χ4n) is 2.57. The van der Waals surface area contributed by atoms with Crippen molar-refractivity contribution in [2.45, 2.75) is 38.1 Å². The molecule has 0 fully saturated rings. The molecule has 0 spiro atoms. The molecule has 2 aromatic carbocycles. The molecule has 0 aromatic heterocycles. The molecule has 0 bridgehead atoms. The van der Waals surface area contributed by atoms with Crippen molar-refractivity contribution < 1.29 is 17.9 Å². The van der Waals surface area contributed by atoms with E-state index in [9.17, 15) is 8.42 Å². The lowest BCUT2D eigenvalue weighted by atomic mass is 10.0. The first-order valence-corrected chi connectivity index (χ1v) is 9.34. The first-order chi connectivity index (χ1) is 11.4. The molecule has 6 heteroatoms. The molecule has 1 aliphatic rings. The molecule has 0 radical (unpaired) electrons. The minimum absolute atomic E-state index is 0.199. The maximum absolute atomic E-state index is 12.7. The van der Waals surface area contributed by atoms with Crippen LogP contribution in [0.25, 0.3) is 0 Å². The summed E-state index contributed by atoms with van der Waals surface area (Å²) in [5.41, 5.74) is 2.56. The summed E-state index contributed by atoms with van der Waals surface area (Å²) in [6, 6.07) is 11.0. The van der Waals surface area contributed by atoms with Crippen LogP contribution in [-0.4, -0.2) is 15.2 Å². The fourth-order valence-corrected chi connectivity index (χ4v) is 3.87. The highest BCUT2D eigenvalue weighted by atomic mass is 32.2. The molecule has 0 saturated carbocycles. The molecular formula is C18H21NO4S. The van der Waals surface area contributed by atoms with Crippen LogP contribution in [0, 0.1) is 6.92 Å². The van der Waals surface area contributed by atoms with Gasteiger partial charge >= 0.3 is 0 Å². The summed E-state index contributed by atoms with van der Waals surface area (Å²) in [6.07, 6.45) is 0. The van der Waals surface area contributed by atoms with Crippen LogP contribution in [0.1, 0.15) is 36.5 Å². The third-order valence-electron chi connectivity index (χ3n) is 4.07. The van der Waals surface area contributed by atoms with Gasteiger partial charge in [0.2, 0.25) is 16.8 Å². The molecule has 1 heterocycles. The highest BCUT2D eigenvalue weighted by molar-refractivity contribution is 7.89. The minimum Gasteiger partial charge on any atom is -0.454 e. The monoisotopic (exact) mass is 347 g/mol. The van der Waals surface area contributed by atoms with Crippen molar-refractivity contribution in [3.8, 4) is 11.5 Å². The van der Waals surface area contributed by atoms with E-state index in [1.807, 2.05) is 32.0 Å². The summed E-state index contributed by atoms with van der Waals surface area (Å²) in [4.78, 5) is 0.328. The number of nitrogens with one attached hydrogen (secondary N) is 1. The summed E-state index contributed by atoms with van der Waals surface area (Å²) in [5.74, 6) is 1.60. The molecule has 5 nitrogen and oxygen atoms in total. The molecule has 2 aromatic rings. The average molecular weight is 347 g/mol. The SMILES string of the molecule is Cc1ccc(C(C)C)cc1S(=O)(=O)NCc1ccc2c(c1)OCO2. The summed E-state index contributed by atoms with van der Waals surface area (Å²) in [7, 11) is -3.58. The third kappa shape index (κ3) is 3.39. The molecule has 24 heavy (non-hydrogen) atoms. The molecule has 128 valence electrons. The van der Waals surface area contributed by atoms with Crippen LogP contribution in [0.2, 0.25) is 0 Å². The van der Waals surface area contributed by atoms with E-state index in [1.54, 1.807) is 25.1 Å². The van der Waals surface area contributed by atoms with Crippen LogP contribution in [0.4, 0.5) is 0 Å². The Morgan fingerprint density at radius 3 is 2.58 bits per heavy atom. The molecular weight excluding hydrogens is 326 g/mol. The van der Waals surface area contributed by atoms with Gasteiger partial charge in [-0.2, -0.15) is 0 Å². The summed E-state index contributed by atoms with van der Waals surface area (Å²) < 4.78 is 38.6. The van der Waals surface area contributed by atoms with Crippen LogP contribution >= 0.6 is 0 Å². The van der Waals surface area contributed by atoms with E-state index in [0.29, 0.717) is 16.4 Å². The van der Waals surface area contributed by atoms with Gasteiger partial charge in [-0.1, -0.05) is 32.0 Å². The van der Waals surface area contributed by atoms with Crippen LogP contribution in [0.5, 0.6) is 11.5 Å². The number of ether oxygens (including phenoxy) is 2. The van der Waals surface area contributed by atoms with Gasteiger partial charge in [0.1, 0.15) is 0 Å². The largest absolute Gasteiger partial charge is 0.454 e. The zero-order valence-corrected chi connectivity index (χ0v) is 14.8. The Bertz CT molecular complexity index is 859. The fraction of sp³-hybridized carbons (Fsp3) is 0.333. The molecule has 0 aliphatic carbocycles. The second-order valence-corrected chi connectivity index (χ2v) is 7.93. The van der Waals surface area contributed by atoms with Crippen LogP contribution in [-0.2, 0) is 16.6 Å². The second kappa shape index (κ2) is 6.45. The van der Waals surface area contributed by atoms with Crippen molar-refractivity contribution in [1.82, 2.24) is 4.72 Å². The summed E-state index contributed by atoms with van der Waals surface area (Å²) in [6.45, 7) is 6.29. The molecule has 0 atom stereocenters. The van der Waals surface area contributed by atoms with Crippen LogP contribution in [0.3, 0.4) is 0 Å². The first-order valence-electron chi connectivity index (χ1n) is 7.85. The number of rotatable bonds is 5. The second-order valence-electron chi connectivity index (χ2n) is 6.19. The van der Waals surface area contributed by atoms with Crippen molar-refractivity contribution in [3.05, 3.63) is 53.1 Å². The van der Waals surface area contributed by atoms with Gasteiger partial charge in [0.25, 0.3) is 0 Å². The van der Waals surface area contributed by atoms with E-state index in [-0.39, 0.29) is 19.3 Å². The molecule has 0 saturated heterocycles.